The van der Waals surface area contributed by atoms with Crippen molar-refractivity contribution in [1.29, 1.82) is 0 Å². The van der Waals surface area contributed by atoms with E-state index in [9.17, 15) is 9.59 Å². The predicted molar refractivity (Wildman–Crippen MR) is 130 cm³/mol. The minimum atomic E-state index is -0.182. The zero-order valence-corrected chi connectivity index (χ0v) is 19.6. The van der Waals surface area contributed by atoms with E-state index in [1.54, 1.807) is 10.3 Å². The van der Waals surface area contributed by atoms with Crippen LogP contribution in [-0.4, -0.2) is 34.3 Å². The van der Waals surface area contributed by atoms with Gasteiger partial charge in [-0.15, -0.1) is 11.3 Å². The molecule has 2 N–H and O–H groups in total. The molecule has 0 saturated heterocycles. The van der Waals surface area contributed by atoms with E-state index in [4.69, 9.17) is 0 Å². The predicted octanol–water partition coefficient (Wildman–Crippen LogP) is 5.14. The van der Waals surface area contributed by atoms with Crippen LogP contribution in [0.1, 0.15) is 48.3 Å². The van der Waals surface area contributed by atoms with Crippen LogP contribution in [0.3, 0.4) is 0 Å². The van der Waals surface area contributed by atoms with E-state index in [2.05, 4.69) is 15.6 Å². The number of carbonyl (C=O) groups excluding carboxylic acids is 2. The lowest BCUT2D eigenvalue weighted by Crippen LogP contribution is -2.37. The van der Waals surface area contributed by atoms with Gasteiger partial charge in [-0.2, -0.15) is 0 Å². The number of hydrogen-bond donors (Lipinski definition) is 2. The monoisotopic (exact) mass is 450 g/mol. The van der Waals surface area contributed by atoms with Crippen LogP contribution in [0.5, 0.6) is 0 Å². The Bertz CT molecular complexity index is 1040. The first-order chi connectivity index (χ1) is 15.4. The molecular formula is C25H30N4O2S. The molecule has 0 radical (unpaired) electrons. The van der Waals surface area contributed by atoms with Crippen molar-refractivity contribution < 1.29 is 9.59 Å². The number of carbonyl (C=O) groups is 2. The number of hydrogen-bond acceptors (Lipinski definition) is 5. The van der Waals surface area contributed by atoms with Crippen molar-refractivity contribution in [3.63, 3.8) is 0 Å². The van der Waals surface area contributed by atoms with Gasteiger partial charge in [0.25, 0.3) is 5.91 Å². The molecular weight excluding hydrogens is 420 g/mol. The van der Waals surface area contributed by atoms with Gasteiger partial charge in [-0.05, 0) is 43.5 Å². The maximum atomic E-state index is 13.3. The second-order valence-electron chi connectivity index (χ2n) is 7.87. The van der Waals surface area contributed by atoms with Crippen LogP contribution < -0.4 is 10.6 Å². The highest BCUT2D eigenvalue weighted by Gasteiger charge is 2.20. The summed E-state index contributed by atoms with van der Waals surface area (Å²) in [6.45, 7) is 6.78. The van der Waals surface area contributed by atoms with Gasteiger partial charge >= 0.3 is 0 Å². The number of aryl methyl sites for hydroxylation is 1. The Kier molecular flexibility index (Phi) is 8.39. The first-order valence-electron chi connectivity index (χ1n) is 10.9. The van der Waals surface area contributed by atoms with Crippen LogP contribution in [0.2, 0.25) is 0 Å². The van der Waals surface area contributed by atoms with Gasteiger partial charge in [-0.25, -0.2) is 4.98 Å². The maximum Gasteiger partial charge on any atom is 0.273 e. The normalized spacial score (nSPS) is 11.6. The third-order valence-corrected chi connectivity index (χ3v) is 5.88. The molecule has 0 aliphatic rings. The van der Waals surface area contributed by atoms with Crippen molar-refractivity contribution in [2.45, 2.75) is 46.2 Å². The van der Waals surface area contributed by atoms with Gasteiger partial charge in [0, 0.05) is 36.6 Å². The molecule has 3 rings (SSSR count). The molecule has 0 aliphatic heterocycles. The molecule has 3 aromatic rings. The summed E-state index contributed by atoms with van der Waals surface area (Å²) in [6, 6.07) is 17.9. The molecule has 168 valence electrons. The Labute approximate surface area is 193 Å². The van der Waals surface area contributed by atoms with Crippen LogP contribution in [-0.2, 0) is 11.3 Å². The number of amides is 2. The molecule has 1 atom stereocenters. The highest BCUT2D eigenvalue weighted by Crippen LogP contribution is 2.23. The van der Waals surface area contributed by atoms with Crippen molar-refractivity contribution in [3.05, 3.63) is 76.8 Å². The van der Waals surface area contributed by atoms with Gasteiger partial charge in [-0.3, -0.25) is 9.59 Å². The van der Waals surface area contributed by atoms with Crippen LogP contribution >= 0.6 is 11.3 Å². The average molecular weight is 451 g/mol. The summed E-state index contributed by atoms with van der Waals surface area (Å²) in [5.74, 6) is -0.232. The topological polar surface area (TPSA) is 74.3 Å². The fourth-order valence-electron chi connectivity index (χ4n) is 3.18. The van der Waals surface area contributed by atoms with E-state index in [0.29, 0.717) is 23.9 Å². The molecule has 1 heterocycles. The van der Waals surface area contributed by atoms with E-state index in [1.807, 2.05) is 75.4 Å². The van der Waals surface area contributed by atoms with Crippen molar-refractivity contribution in [2.75, 3.05) is 11.9 Å². The molecule has 2 amide bonds. The van der Waals surface area contributed by atoms with E-state index in [1.165, 1.54) is 11.3 Å². The SMILES string of the molecule is CCC(C)NC(=O)CCN(Cc1ccccc1)C(=O)c1csc(Nc2cccc(C)c2)n1. The number of nitrogens with zero attached hydrogens (tertiary/aromatic N) is 2. The van der Waals surface area contributed by atoms with Crippen LogP contribution in [0.25, 0.3) is 0 Å². The van der Waals surface area contributed by atoms with Crippen molar-refractivity contribution in [1.82, 2.24) is 15.2 Å². The second kappa shape index (κ2) is 11.4. The number of nitrogens with one attached hydrogen (secondary N) is 2. The maximum absolute atomic E-state index is 13.3. The fourth-order valence-corrected chi connectivity index (χ4v) is 3.88. The molecule has 0 fully saturated rings. The Morgan fingerprint density at radius 1 is 1.12 bits per heavy atom. The lowest BCUT2D eigenvalue weighted by molar-refractivity contribution is -0.121. The minimum absolute atomic E-state index is 0.0507. The summed E-state index contributed by atoms with van der Waals surface area (Å²) in [4.78, 5) is 31.8. The zero-order valence-electron chi connectivity index (χ0n) is 18.8. The summed E-state index contributed by atoms with van der Waals surface area (Å²) >= 11 is 1.39. The van der Waals surface area contributed by atoms with E-state index in [0.717, 1.165) is 23.2 Å². The van der Waals surface area contributed by atoms with Gasteiger partial charge in [-0.1, -0.05) is 49.4 Å². The summed E-state index contributed by atoms with van der Waals surface area (Å²) in [7, 11) is 0. The third kappa shape index (κ3) is 6.92. The Morgan fingerprint density at radius 3 is 2.62 bits per heavy atom. The number of benzene rings is 2. The van der Waals surface area contributed by atoms with Crippen LogP contribution in [0.4, 0.5) is 10.8 Å². The molecule has 1 unspecified atom stereocenters. The second-order valence-corrected chi connectivity index (χ2v) is 8.73. The first-order valence-corrected chi connectivity index (χ1v) is 11.7. The van der Waals surface area contributed by atoms with Gasteiger partial charge in [0.2, 0.25) is 5.91 Å². The highest BCUT2D eigenvalue weighted by atomic mass is 32.1. The summed E-state index contributed by atoms with van der Waals surface area (Å²) in [6.07, 6.45) is 1.12. The van der Waals surface area contributed by atoms with Crippen LogP contribution in [0.15, 0.2) is 60.0 Å². The fraction of sp³-hybridized carbons (Fsp3) is 0.320. The highest BCUT2D eigenvalue weighted by molar-refractivity contribution is 7.14. The van der Waals surface area contributed by atoms with Crippen molar-refractivity contribution in [3.8, 4) is 0 Å². The van der Waals surface area contributed by atoms with E-state index in [-0.39, 0.29) is 24.3 Å². The molecule has 0 aliphatic carbocycles. The molecule has 0 bridgehead atoms. The van der Waals surface area contributed by atoms with E-state index < -0.39 is 0 Å². The van der Waals surface area contributed by atoms with Gasteiger partial charge in [0.15, 0.2) is 5.13 Å². The Morgan fingerprint density at radius 2 is 1.91 bits per heavy atom. The Balaban J connectivity index is 1.71. The smallest absolute Gasteiger partial charge is 0.273 e. The lowest BCUT2D eigenvalue weighted by Gasteiger charge is -2.22. The summed E-state index contributed by atoms with van der Waals surface area (Å²) < 4.78 is 0. The molecule has 32 heavy (non-hydrogen) atoms. The quantitative estimate of drug-likeness (QED) is 0.448. The summed E-state index contributed by atoms with van der Waals surface area (Å²) in [5.41, 5.74) is 3.47. The van der Waals surface area contributed by atoms with Crippen LogP contribution in [0, 0.1) is 6.92 Å². The standard InChI is InChI=1S/C25H30N4O2S/c1-4-19(3)26-23(30)13-14-29(16-20-10-6-5-7-11-20)24(31)22-17-32-25(28-22)27-21-12-8-9-18(2)15-21/h5-12,15,17,19H,4,13-14,16H2,1-3H3,(H,26,30)(H,27,28). The minimum Gasteiger partial charge on any atom is -0.354 e. The zero-order chi connectivity index (χ0) is 22.9. The van der Waals surface area contributed by atoms with Gasteiger partial charge in [0.05, 0.1) is 0 Å². The first kappa shape index (κ1) is 23.5. The number of aromatic nitrogens is 1. The lowest BCUT2D eigenvalue weighted by atomic mass is 10.2. The molecule has 0 saturated carbocycles. The molecule has 7 heteroatoms. The van der Waals surface area contributed by atoms with Crippen molar-refractivity contribution in [2.24, 2.45) is 0 Å². The van der Waals surface area contributed by atoms with Gasteiger partial charge < -0.3 is 15.5 Å². The average Bonchev–Trinajstić information content (AvgIpc) is 3.25. The Hall–Kier alpha value is -3.19. The summed E-state index contributed by atoms with van der Waals surface area (Å²) in [5, 5.41) is 8.64. The number of rotatable bonds is 10. The number of anilines is 2. The largest absolute Gasteiger partial charge is 0.354 e. The molecule has 2 aromatic carbocycles. The molecule has 0 spiro atoms. The third-order valence-electron chi connectivity index (χ3n) is 5.12. The van der Waals surface area contributed by atoms with Gasteiger partial charge in [0.1, 0.15) is 5.69 Å². The van der Waals surface area contributed by atoms with E-state index >= 15 is 0 Å². The molecule has 1 aromatic heterocycles. The number of thiazole rings is 1. The van der Waals surface area contributed by atoms with Crippen molar-refractivity contribution >= 4 is 34.0 Å². The molecule has 6 nitrogen and oxygen atoms in total.